The summed E-state index contributed by atoms with van der Waals surface area (Å²) in [7, 11) is 0. The Kier molecular flexibility index (Phi) is 8.66. The average Bonchev–Trinajstić information content (AvgIpc) is 3.51. The molecule has 6 aromatic carbocycles. The van der Waals surface area contributed by atoms with Crippen molar-refractivity contribution in [2.75, 3.05) is 0 Å². The molecular weight excluding hydrogens is 664 g/mol. The molecule has 0 N–H and O–H groups in total. The third-order valence-electron chi connectivity index (χ3n) is 8.88. The first-order valence-corrected chi connectivity index (χ1v) is 17.4. The highest BCUT2D eigenvalue weighted by molar-refractivity contribution is 9.10. The molecule has 0 saturated heterocycles. The van der Waals surface area contributed by atoms with Gasteiger partial charge >= 0.3 is 0 Å². The summed E-state index contributed by atoms with van der Waals surface area (Å²) in [5.41, 5.74) is 11.8. The fraction of sp³-hybridized carbons (Fsp3) is 0.0682. The molecule has 1 aliphatic rings. The second kappa shape index (κ2) is 13.8. The molecule has 7 aromatic rings. The largest absolute Gasteiger partial charge is 0.319 e. The Bertz CT molecular complexity index is 2350. The number of hydrogen-bond acceptors (Lipinski definition) is 3. The number of rotatable bonds is 7. The minimum Gasteiger partial charge on any atom is -0.319 e. The minimum absolute atomic E-state index is 0.710. The Hall–Kier alpha value is -5.65. The average molecular weight is 698 g/mol. The summed E-state index contributed by atoms with van der Waals surface area (Å²) in [6, 6.07) is 54.8. The van der Waals surface area contributed by atoms with E-state index in [2.05, 4.69) is 148 Å². The zero-order valence-electron chi connectivity index (χ0n) is 26.9. The predicted octanol–water partition coefficient (Wildman–Crippen LogP) is 11.3. The lowest BCUT2D eigenvalue weighted by molar-refractivity contribution is 0.831. The van der Waals surface area contributed by atoms with Gasteiger partial charge in [-0.25, -0.2) is 15.0 Å². The number of hydrogen-bond donors (Lipinski definition) is 0. The van der Waals surface area contributed by atoms with Gasteiger partial charge in [-0.1, -0.05) is 155 Å². The van der Waals surface area contributed by atoms with Crippen LogP contribution in [0.2, 0.25) is 0 Å². The van der Waals surface area contributed by atoms with Crippen molar-refractivity contribution in [2.45, 2.75) is 19.4 Å². The molecule has 4 nitrogen and oxygen atoms in total. The second-order valence-electron chi connectivity index (χ2n) is 12.1. The fourth-order valence-electron chi connectivity index (χ4n) is 6.38. The number of fused-ring (bicyclic) bond motifs is 1. The van der Waals surface area contributed by atoms with Crippen molar-refractivity contribution in [2.24, 2.45) is 9.98 Å². The lowest BCUT2D eigenvalue weighted by Gasteiger charge is -2.14. The first-order valence-electron chi connectivity index (χ1n) is 16.6. The molecular formula is C44H33BrN4. The highest BCUT2D eigenvalue weighted by Gasteiger charge is 2.17. The Morgan fingerprint density at radius 1 is 0.551 bits per heavy atom. The van der Waals surface area contributed by atoms with Crippen LogP contribution < -0.4 is 0 Å². The SMILES string of the molecule is Brc1ccccc1Cn1c(-c2ccccc2)nc2cc(-c3cccc(C4=CCCC(c5ccccc5)=NC(c5ccccc5)=N4)c3)ccc21. The Morgan fingerprint density at radius 2 is 1.18 bits per heavy atom. The molecule has 8 rings (SSSR count). The Morgan fingerprint density at radius 3 is 1.94 bits per heavy atom. The van der Waals surface area contributed by atoms with E-state index >= 15 is 0 Å². The van der Waals surface area contributed by atoms with Gasteiger partial charge < -0.3 is 4.57 Å². The van der Waals surface area contributed by atoms with Crippen LogP contribution in [0.3, 0.4) is 0 Å². The summed E-state index contributed by atoms with van der Waals surface area (Å²) in [5.74, 6) is 1.68. The van der Waals surface area contributed by atoms with Crippen LogP contribution in [0.25, 0.3) is 39.2 Å². The van der Waals surface area contributed by atoms with Crippen LogP contribution in [-0.4, -0.2) is 21.1 Å². The highest BCUT2D eigenvalue weighted by Crippen LogP contribution is 2.32. The van der Waals surface area contributed by atoms with Crippen LogP contribution in [0.15, 0.2) is 178 Å². The first-order chi connectivity index (χ1) is 24.2. The van der Waals surface area contributed by atoms with E-state index in [0.717, 1.165) is 84.8 Å². The molecule has 49 heavy (non-hydrogen) atoms. The molecule has 5 heteroatoms. The summed E-state index contributed by atoms with van der Waals surface area (Å²) in [5, 5.41) is 0. The third kappa shape index (κ3) is 6.58. The van der Waals surface area contributed by atoms with Gasteiger partial charge in [-0.2, -0.15) is 0 Å². The van der Waals surface area contributed by atoms with Gasteiger partial charge in [-0.15, -0.1) is 0 Å². The second-order valence-corrected chi connectivity index (χ2v) is 13.0. The van der Waals surface area contributed by atoms with E-state index in [1.54, 1.807) is 0 Å². The normalized spacial score (nSPS) is 13.3. The van der Waals surface area contributed by atoms with E-state index in [0.29, 0.717) is 6.54 Å². The summed E-state index contributed by atoms with van der Waals surface area (Å²) in [6.07, 6.45) is 3.93. The first kappa shape index (κ1) is 30.7. The Balaban J connectivity index is 1.18. The van der Waals surface area contributed by atoms with Gasteiger partial charge in [0.2, 0.25) is 0 Å². The molecule has 0 spiro atoms. The van der Waals surface area contributed by atoms with Crippen LogP contribution in [0, 0.1) is 0 Å². The number of nitrogens with zero attached hydrogens (tertiary/aromatic N) is 4. The monoisotopic (exact) mass is 696 g/mol. The van der Waals surface area contributed by atoms with E-state index in [1.807, 2.05) is 36.4 Å². The molecule has 0 radical (unpaired) electrons. The molecule has 0 atom stereocenters. The predicted molar refractivity (Wildman–Crippen MR) is 207 cm³/mol. The van der Waals surface area contributed by atoms with E-state index in [1.165, 1.54) is 5.56 Å². The fourth-order valence-corrected chi connectivity index (χ4v) is 6.79. The lowest BCUT2D eigenvalue weighted by atomic mass is 9.99. The van der Waals surface area contributed by atoms with E-state index in [4.69, 9.17) is 15.0 Å². The van der Waals surface area contributed by atoms with Gasteiger partial charge in [0, 0.05) is 21.2 Å². The molecule has 0 saturated carbocycles. The Labute approximate surface area is 295 Å². The maximum atomic E-state index is 5.21. The molecule has 0 fully saturated rings. The molecule has 0 aliphatic carbocycles. The molecule has 0 unspecified atom stereocenters. The molecule has 1 aliphatic heterocycles. The maximum absolute atomic E-state index is 5.21. The van der Waals surface area contributed by atoms with Crippen LogP contribution in [0.4, 0.5) is 0 Å². The molecule has 0 bridgehead atoms. The molecule has 1 aromatic heterocycles. The van der Waals surface area contributed by atoms with Gasteiger partial charge in [-0.05, 0) is 59.4 Å². The molecule has 2 heterocycles. The smallest absolute Gasteiger partial charge is 0.160 e. The zero-order valence-corrected chi connectivity index (χ0v) is 28.5. The standard InChI is InChI=1S/C44H33BrN4/c45-38-23-11-10-20-37(38)30-49-42-27-26-35(29-41(42)48-44(49)33-18-8-3-9-19-33)34-21-12-22-36(28-34)40-25-13-24-39(31-14-4-1-5-15-31)46-43(47-40)32-16-6-2-7-17-32/h1-12,14-23,25-29H,13,24,30H2. The van der Waals surface area contributed by atoms with Crippen molar-refractivity contribution in [1.29, 1.82) is 0 Å². The molecule has 0 amide bonds. The van der Waals surface area contributed by atoms with Crippen molar-refractivity contribution in [3.63, 3.8) is 0 Å². The van der Waals surface area contributed by atoms with Gasteiger partial charge in [0.1, 0.15) is 5.82 Å². The number of halogens is 1. The minimum atomic E-state index is 0.710. The summed E-state index contributed by atoms with van der Waals surface area (Å²) in [6.45, 7) is 0.710. The summed E-state index contributed by atoms with van der Waals surface area (Å²) >= 11 is 3.75. The van der Waals surface area contributed by atoms with Crippen molar-refractivity contribution in [3.8, 4) is 22.5 Å². The topological polar surface area (TPSA) is 42.5 Å². The highest BCUT2D eigenvalue weighted by atomic mass is 79.9. The summed E-state index contributed by atoms with van der Waals surface area (Å²) in [4.78, 5) is 15.6. The van der Waals surface area contributed by atoms with E-state index in [9.17, 15) is 0 Å². The number of imidazole rings is 1. The van der Waals surface area contributed by atoms with Gasteiger partial charge in [-0.3, -0.25) is 0 Å². The van der Waals surface area contributed by atoms with Crippen LogP contribution in [0.5, 0.6) is 0 Å². The van der Waals surface area contributed by atoms with Crippen LogP contribution in [-0.2, 0) is 6.54 Å². The molecule has 236 valence electrons. The number of benzene rings is 6. The van der Waals surface area contributed by atoms with Crippen LogP contribution in [0.1, 0.15) is 35.1 Å². The van der Waals surface area contributed by atoms with E-state index in [-0.39, 0.29) is 0 Å². The summed E-state index contributed by atoms with van der Waals surface area (Å²) < 4.78 is 3.40. The number of aliphatic imine (C=N–C) groups is 2. The van der Waals surface area contributed by atoms with Crippen molar-refractivity contribution < 1.29 is 0 Å². The quantitative estimate of drug-likeness (QED) is 0.163. The number of allylic oxidation sites excluding steroid dienone is 1. The van der Waals surface area contributed by atoms with Crippen molar-refractivity contribution >= 4 is 44.2 Å². The van der Waals surface area contributed by atoms with Crippen molar-refractivity contribution in [3.05, 3.63) is 191 Å². The zero-order chi connectivity index (χ0) is 33.0. The number of amidine groups is 1. The van der Waals surface area contributed by atoms with Gasteiger partial charge in [0.15, 0.2) is 5.84 Å². The third-order valence-corrected chi connectivity index (χ3v) is 9.66. The van der Waals surface area contributed by atoms with Crippen molar-refractivity contribution in [1.82, 2.24) is 9.55 Å². The van der Waals surface area contributed by atoms with E-state index < -0.39 is 0 Å². The maximum Gasteiger partial charge on any atom is 0.160 e. The lowest BCUT2D eigenvalue weighted by Crippen LogP contribution is -2.09. The van der Waals surface area contributed by atoms with Crippen LogP contribution >= 0.6 is 15.9 Å². The van der Waals surface area contributed by atoms with Gasteiger partial charge in [0.25, 0.3) is 0 Å². The van der Waals surface area contributed by atoms with Gasteiger partial charge in [0.05, 0.1) is 29.0 Å². The number of aromatic nitrogens is 2.